The van der Waals surface area contributed by atoms with Gasteiger partial charge in [0.2, 0.25) is 5.91 Å². The van der Waals surface area contributed by atoms with E-state index in [1.807, 2.05) is 36.4 Å². The number of hydrogen-bond donors (Lipinski definition) is 3. The molecule has 2 aromatic rings. The first kappa shape index (κ1) is 17.9. The Morgan fingerprint density at radius 3 is 2.84 bits per heavy atom. The molecular formula is C21H28N2O2. The van der Waals surface area contributed by atoms with E-state index in [2.05, 4.69) is 23.6 Å². The first-order chi connectivity index (χ1) is 12.1. The molecule has 1 aliphatic heterocycles. The van der Waals surface area contributed by atoms with Crippen LogP contribution in [0.5, 0.6) is 0 Å². The van der Waals surface area contributed by atoms with E-state index in [-0.39, 0.29) is 12.5 Å². The van der Waals surface area contributed by atoms with Gasteiger partial charge in [0.1, 0.15) is 0 Å². The van der Waals surface area contributed by atoms with E-state index in [1.165, 1.54) is 12.8 Å². The molecule has 3 atom stereocenters. The van der Waals surface area contributed by atoms with Gasteiger partial charge in [0.25, 0.3) is 0 Å². The molecule has 1 fully saturated rings. The highest BCUT2D eigenvalue weighted by atomic mass is 16.3. The van der Waals surface area contributed by atoms with Crippen molar-refractivity contribution in [1.29, 1.82) is 0 Å². The van der Waals surface area contributed by atoms with Crippen molar-refractivity contribution in [3.05, 3.63) is 48.0 Å². The predicted molar refractivity (Wildman–Crippen MR) is 101 cm³/mol. The summed E-state index contributed by atoms with van der Waals surface area (Å²) in [7, 11) is 0. The van der Waals surface area contributed by atoms with E-state index in [0.29, 0.717) is 18.3 Å². The van der Waals surface area contributed by atoms with Gasteiger partial charge in [0.15, 0.2) is 0 Å². The second kappa shape index (κ2) is 8.45. The summed E-state index contributed by atoms with van der Waals surface area (Å²) in [4.78, 5) is 12.2. The van der Waals surface area contributed by atoms with Crippen LogP contribution in [0.2, 0.25) is 0 Å². The molecule has 25 heavy (non-hydrogen) atoms. The molecule has 3 N–H and O–H groups in total. The van der Waals surface area contributed by atoms with Crippen molar-refractivity contribution in [3.63, 3.8) is 0 Å². The molecule has 4 nitrogen and oxygen atoms in total. The van der Waals surface area contributed by atoms with Gasteiger partial charge in [0.05, 0.1) is 6.10 Å². The first-order valence-corrected chi connectivity index (χ1v) is 9.27. The van der Waals surface area contributed by atoms with Gasteiger partial charge in [-0.1, -0.05) is 43.3 Å². The Hall–Kier alpha value is -1.91. The quantitative estimate of drug-likeness (QED) is 0.757. The molecule has 0 aromatic heterocycles. The fraction of sp³-hybridized carbons (Fsp3) is 0.476. The molecule has 1 aliphatic rings. The minimum atomic E-state index is -0.680. The zero-order valence-electron chi connectivity index (χ0n) is 14.9. The lowest BCUT2D eigenvalue weighted by atomic mass is 9.85. The van der Waals surface area contributed by atoms with E-state index in [9.17, 15) is 9.90 Å². The minimum Gasteiger partial charge on any atom is -0.387 e. The fourth-order valence-electron chi connectivity index (χ4n) is 3.64. The number of benzene rings is 2. The number of piperidine rings is 1. The number of nitrogens with one attached hydrogen (secondary N) is 2. The van der Waals surface area contributed by atoms with Crippen molar-refractivity contribution in [3.8, 4) is 0 Å². The summed E-state index contributed by atoms with van der Waals surface area (Å²) in [5.74, 6) is 0.966. The summed E-state index contributed by atoms with van der Waals surface area (Å²) in [5.41, 5.74) is 0.837. The Balaban J connectivity index is 1.50. The number of rotatable bonds is 6. The highest BCUT2D eigenvalue weighted by Gasteiger charge is 2.22. The predicted octanol–water partition coefficient (Wildman–Crippen LogP) is 3.02. The highest BCUT2D eigenvalue weighted by Crippen LogP contribution is 2.23. The molecule has 0 spiro atoms. The van der Waals surface area contributed by atoms with Crippen LogP contribution in [0, 0.1) is 11.8 Å². The number of hydrogen-bond acceptors (Lipinski definition) is 3. The van der Waals surface area contributed by atoms with Crippen LogP contribution in [0.3, 0.4) is 0 Å². The van der Waals surface area contributed by atoms with Gasteiger partial charge in [-0.2, -0.15) is 0 Å². The SMILES string of the molecule is CC(CC(=O)NCC(O)c1ccc2ccccc2c1)C1CCCNC1. The summed E-state index contributed by atoms with van der Waals surface area (Å²) in [6.07, 6.45) is 2.23. The number of carbonyl (C=O) groups is 1. The topological polar surface area (TPSA) is 61.4 Å². The second-order valence-electron chi connectivity index (χ2n) is 7.21. The zero-order chi connectivity index (χ0) is 17.6. The van der Waals surface area contributed by atoms with Crippen LogP contribution in [0.4, 0.5) is 0 Å². The molecule has 4 heteroatoms. The van der Waals surface area contributed by atoms with Crippen molar-refractivity contribution < 1.29 is 9.90 Å². The van der Waals surface area contributed by atoms with Crippen LogP contribution in [0.25, 0.3) is 10.8 Å². The lowest BCUT2D eigenvalue weighted by molar-refractivity contribution is -0.122. The van der Waals surface area contributed by atoms with E-state index >= 15 is 0 Å². The third kappa shape index (κ3) is 4.80. The monoisotopic (exact) mass is 340 g/mol. The maximum absolute atomic E-state index is 12.2. The Kier molecular flexibility index (Phi) is 6.05. The molecule has 3 rings (SSSR count). The second-order valence-corrected chi connectivity index (χ2v) is 7.21. The first-order valence-electron chi connectivity index (χ1n) is 9.27. The molecule has 1 amide bonds. The molecule has 2 aromatic carbocycles. The molecule has 1 saturated heterocycles. The molecule has 0 bridgehead atoms. The number of aliphatic hydroxyl groups excluding tert-OH is 1. The van der Waals surface area contributed by atoms with Gasteiger partial charge >= 0.3 is 0 Å². The van der Waals surface area contributed by atoms with Crippen molar-refractivity contribution in [2.75, 3.05) is 19.6 Å². The Bertz CT molecular complexity index is 710. The Morgan fingerprint density at radius 1 is 1.28 bits per heavy atom. The van der Waals surface area contributed by atoms with E-state index in [0.717, 1.165) is 29.4 Å². The number of aliphatic hydroxyl groups is 1. The molecule has 0 saturated carbocycles. The van der Waals surface area contributed by atoms with Crippen molar-refractivity contribution in [1.82, 2.24) is 10.6 Å². The lowest BCUT2D eigenvalue weighted by Gasteiger charge is -2.28. The molecule has 134 valence electrons. The van der Waals surface area contributed by atoms with Gasteiger partial charge in [0, 0.05) is 13.0 Å². The molecule has 0 radical (unpaired) electrons. The molecule has 1 heterocycles. The van der Waals surface area contributed by atoms with Gasteiger partial charge in [-0.25, -0.2) is 0 Å². The average molecular weight is 340 g/mol. The summed E-state index contributed by atoms with van der Waals surface area (Å²) >= 11 is 0. The molecular weight excluding hydrogens is 312 g/mol. The van der Waals surface area contributed by atoms with Crippen molar-refractivity contribution in [2.45, 2.75) is 32.3 Å². The maximum Gasteiger partial charge on any atom is 0.220 e. The number of carbonyl (C=O) groups excluding carboxylic acids is 1. The fourth-order valence-corrected chi connectivity index (χ4v) is 3.64. The highest BCUT2D eigenvalue weighted by molar-refractivity contribution is 5.83. The van der Waals surface area contributed by atoms with Gasteiger partial charge in [-0.15, -0.1) is 0 Å². The van der Waals surface area contributed by atoms with Crippen LogP contribution >= 0.6 is 0 Å². The summed E-state index contributed by atoms with van der Waals surface area (Å²) in [6.45, 7) is 4.51. The normalized spacial score (nSPS) is 20.2. The van der Waals surface area contributed by atoms with Crippen LogP contribution in [0.1, 0.15) is 37.9 Å². The van der Waals surface area contributed by atoms with E-state index in [4.69, 9.17) is 0 Å². The van der Waals surface area contributed by atoms with Gasteiger partial charge < -0.3 is 15.7 Å². The summed E-state index contributed by atoms with van der Waals surface area (Å²) in [6, 6.07) is 14.0. The Morgan fingerprint density at radius 2 is 2.08 bits per heavy atom. The lowest BCUT2D eigenvalue weighted by Crippen LogP contribution is -2.36. The Labute approximate surface area is 149 Å². The van der Waals surface area contributed by atoms with Crippen LogP contribution in [0.15, 0.2) is 42.5 Å². The third-order valence-electron chi connectivity index (χ3n) is 5.30. The largest absolute Gasteiger partial charge is 0.387 e. The molecule has 0 aliphatic carbocycles. The van der Waals surface area contributed by atoms with Crippen LogP contribution < -0.4 is 10.6 Å². The van der Waals surface area contributed by atoms with E-state index in [1.54, 1.807) is 0 Å². The van der Waals surface area contributed by atoms with E-state index < -0.39 is 6.10 Å². The van der Waals surface area contributed by atoms with Gasteiger partial charge in [-0.05, 0) is 60.2 Å². The number of fused-ring (bicyclic) bond motifs is 1. The standard InChI is InChI=1S/C21H28N2O2/c1-15(19-7-4-10-22-13-19)11-21(25)23-14-20(24)18-9-8-16-5-2-3-6-17(16)12-18/h2-3,5-6,8-9,12,15,19-20,22,24H,4,7,10-11,13-14H2,1H3,(H,23,25). The third-order valence-corrected chi connectivity index (χ3v) is 5.30. The molecule has 3 unspecified atom stereocenters. The van der Waals surface area contributed by atoms with Crippen LogP contribution in [-0.4, -0.2) is 30.6 Å². The number of amides is 1. The zero-order valence-corrected chi connectivity index (χ0v) is 14.9. The smallest absolute Gasteiger partial charge is 0.220 e. The maximum atomic E-state index is 12.2. The minimum absolute atomic E-state index is 0.0258. The summed E-state index contributed by atoms with van der Waals surface area (Å²) < 4.78 is 0. The van der Waals surface area contributed by atoms with Gasteiger partial charge in [-0.3, -0.25) is 4.79 Å². The van der Waals surface area contributed by atoms with Crippen LogP contribution in [-0.2, 0) is 4.79 Å². The van der Waals surface area contributed by atoms with Crippen molar-refractivity contribution >= 4 is 16.7 Å². The average Bonchev–Trinajstić information content (AvgIpc) is 2.66. The van der Waals surface area contributed by atoms with Crippen molar-refractivity contribution in [2.24, 2.45) is 11.8 Å². The summed E-state index contributed by atoms with van der Waals surface area (Å²) in [5, 5.41) is 18.9.